The summed E-state index contributed by atoms with van der Waals surface area (Å²) >= 11 is 1.98. The van der Waals surface area contributed by atoms with Gasteiger partial charge in [0.15, 0.2) is 0 Å². The number of amidine groups is 1. The zero-order valence-corrected chi connectivity index (χ0v) is 10.8. The van der Waals surface area contributed by atoms with Crippen molar-refractivity contribution >= 4 is 23.6 Å². The Labute approximate surface area is 106 Å². The fourth-order valence-corrected chi connectivity index (χ4v) is 3.99. The number of amides is 2. The third-order valence-electron chi connectivity index (χ3n) is 3.90. The molecule has 0 spiro atoms. The lowest BCUT2D eigenvalue weighted by Crippen LogP contribution is -2.47. The Morgan fingerprint density at radius 2 is 2.24 bits per heavy atom. The standard InChI is InChI=1S/C12H19N3OS/c13-11-10(9-2-1-5-17-7-9)15(12(16)14-11)6-8-3-4-8/h8-10H,1-7H2,(H2,13,14,16). The molecule has 2 aliphatic heterocycles. The Balaban J connectivity index is 1.73. The van der Waals surface area contributed by atoms with Gasteiger partial charge in [-0.3, -0.25) is 0 Å². The Kier molecular flexibility index (Phi) is 3.03. The second-order valence-corrected chi connectivity index (χ2v) is 6.49. The molecule has 5 heteroatoms. The van der Waals surface area contributed by atoms with Gasteiger partial charge in [-0.05, 0) is 49.0 Å². The second-order valence-electron chi connectivity index (χ2n) is 5.34. The predicted molar refractivity (Wildman–Crippen MR) is 70.3 cm³/mol. The van der Waals surface area contributed by atoms with Crippen molar-refractivity contribution < 1.29 is 4.79 Å². The molecule has 0 aromatic rings. The monoisotopic (exact) mass is 253 g/mol. The van der Waals surface area contributed by atoms with Crippen LogP contribution < -0.4 is 5.73 Å². The molecule has 0 aromatic heterocycles. The van der Waals surface area contributed by atoms with Gasteiger partial charge in [-0.25, -0.2) is 4.79 Å². The quantitative estimate of drug-likeness (QED) is 0.833. The van der Waals surface area contributed by atoms with Crippen molar-refractivity contribution in [3.05, 3.63) is 0 Å². The van der Waals surface area contributed by atoms with E-state index in [1.165, 1.54) is 31.4 Å². The van der Waals surface area contributed by atoms with Crippen molar-refractivity contribution in [3.63, 3.8) is 0 Å². The van der Waals surface area contributed by atoms with Crippen LogP contribution in [0.2, 0.25) is 0 Å². The molecule has 2 N–H and O–H groups in total. The first-order valence-corrected chi connectivity index (χ1v) is 7.63. The predicted octanol–water partition coefficient (Wildman–Crippen LogP) is 1.70. The molecule has 2 heterocycles. The molecule has 3 aliphatic rings. The van der Waals surface area contributed by atoms with Crippen molar-refractivity contribution in [2.75, 3.05) is 18.1 Å². The normalized spacial score (nSPS) is 34.0. The summed E-state index contributed by atoms with van der Waals surface area (Å²) in [5.74, 6) is 4.15. The Morgan fingerprint density at radius 1 is 1.41 bits per heavy atom. The first kappa shape index (κ1) is 11.4. The first-order valence-electron chi connectivity index (χ1n) is 6.48. The second kappa shape index (κ2) is 4.52. The molecule has 4 nitrogen and oxygen atoms in total. The van der Waals surface area contributed by atoms with E-state index in [-0.39, 0.29) is 12.1 Å². The fourth-order valence-electron chi connectivity index (χ4n) is 2.80. The number of urea groups is 1. The summed E-state index contributed by atoms with van der Waals surface area (Å²) in [5.41, 5.74) is 5.97. The summed E-state index contributed by atoms with van der Waals surface area (Å²) in [4.78, 5) is 17.8. The van der Waals surface area contributed by atoms with Gasteiger partial charge in [0.2, 0.25) is 0 Å². The van der Waals surface area contributed by atoms with Gasteiger partial charge in [0.25, 0.3) is 0 Å². The molecule has 94 valence electrons. The van der Waals surface area contributed by atoms with E-state index >= 15 is 0 Å². The Hall–Kier alpha value is -0.710. The lowest BCUT2D eigenvalue weighted by atomic mass is 9.94. The molecule has 1 saturated heterocycles. The van der Waals surface area contributed by atoms with Crippen LogP contribution in [-0.4, -0.2) is 40.9 Å². The summed E-state index contributed by atoms with van der Waals surface area (Å²) < 4.78 is 0. The van der Waals surface area contributed by atoms with Gasteiger partial charge in [-0.2, -0.15) is 16.8 Å². The van der Waals surface area contributed by atoms with Crippen LogP contribution in [0.3, 0.4) is 0 Å². The first-order chi connectivity index (χ1) is 8.25. The van der Waals surface area contributed by atoms with Gasteiger partial charge < -0.3 is 10.6 Å². The number of thioether (sulfide) groups is 1. The lowest BCUT2D eigenvalue weighted by Gasteiger charge is -2.33. The molecule has 1 aliphatic carbocycles. The number of nitrogens with zero attached hydrogens (tertiary/aromatic N) is 2. The summed E-state index contributed by atoms with van der Waals surface area (Å²) in [6.45, 7) is 0.870. The highest BCUT2D eigenvalue weighted by Crippen LogP contribution is 2.35. The summed E-state index contributed by atoms with van der Waals surface area (Å²) in [7, 11) is 0. The molecule has 3 rings (SSSR count). The SMILES string of the molecule is NC1=NC(=O)N(CC2CC2)C1C1CCCSC1. The molecule has 2 atom stereocenters. The topological polar surface area (TPSA) is 58.7 Å². The molecule has 17 heavy (non-hydrogen) atoms. The molecule has 0 radical (unpaired) electrons. The average Bonchev–Trinajstić information content (AvgIpc) is 3.08. The molecule has 2 unspecified atom stereocenters. The zero-order valence-electron chi connectivity index (χ0n) is 9.97. The van der Waals surface area contributed by atoms with Gasteiger partial charge in [0.05, 0.1) is 6.04 Å². The van der Waals surface area contributed by atoms with Gasteiger partial charge >= 0.3 is 6.03 Å². The zero-order chi connectivity index (χ0) is 11.8. The van der Waals surface area contributed by atoms with Gasteiger partial charge in [0, 0.05) is 6.54 Å². The van der Waals surface area contributed by atoms with E-state index in [9.17, 15) is 4.79 Å². The molecule has 1 saturated carbocycles. The largest absolute Gasteiger partial charge is 0.385 e. The van der Waals surface area contributed by atoms with Crippen LogP contribution in [0.25, 0.3) is 0 Å². The molecule has 0 bridgehead atoms. The minimum atomic E-state index is -0.102. The van der Waals surface area contributed by atoms with Crippen molar-refractivity contribution in [3.8, 4) is 0 Å². The maximum atomic E-state index is 11.9. The molecule has 0 aromatic carbocycles. The number of hydrogen-bond donors (Lipinski definition) is 1. The van der Waals surface area contributed by atoms with E-state index in [0.717, 1.165) is 12.3 Å². The Morgan fingerprint density at radius 3 is 2.88 bits per heavy atom. The highest BCUT2D eigenvalue weighted by Gasteiger charge is 2.41. The number of carbonyl (C=O) groups is 1. The Bertz CT molecular complexity index is 348. The lowest BCUT2D eigenvalue weighted by molar-refractivity contribution is 0.187. The average molecular weight is 253 g/mol. The van der Waals surface area contributed by atoms with Crippen molar-refractivity contribution in [2.45, 2.75) is 31.7 Å². The number of carbonyl (C=O) groups excluding carboxylic acids is 1. The summed E-state index contributed by atoms with van der Waals surface area (Å²) in [6, 6.07) is -0.00845. The van der Waals surface area contributed by atoms with Crippen LogP contribution in [-0.2, 0) is 0 Å². The van der Waals surface area contributed by atoms with Crippen LogP contribution in [0.1, 0.15) is 25.7 Å². The highest BCUT2D eigenvalue weighted by atomic mass is 32.2. The van der Waals surface area contributed by atoms with E-state index < -0.39 is 0 Å². The van der Waals surface area contributed by atoms with E-state index in [1.807, 2.05) is 16.7 Å². The maximum Gasteiger partial charge on any atom is 0.345 e. The highest BCUT2D eigenvalue weighted by molar-refractivity contribution is 7.99. The van der Waals surface area contributed by atoms with E-state index in [2.05, 4.69) is 4.99 Å². The fraction of sp³-hybridized carbons (Fsp3) is 0.833. The van der Waals surface area contributed by atoms with Crippen LogP contribution >= 0.6 is 11.8 Å². The third kappa shape index (κ3) is 2.30. The van der Waals surface area contributed by atoms with Crippen molar-refractivity contribution in [1.82, 2.24) is 4.90 Å². The summed E-state index contributed by atoms with van der Waals surface area (Å²) in [5, 5.41) is 0. The molecular formula is C12H19N3OS. The number of nitrogens with two attached hydrogens (primary N) is 1. The summed E-state index contributed by atoms with van der Waals surface area (Å²) in [6.07, 6.45) is 4.94. The number of rotatable bonds is 3. The van der Waals surface area contributed by atoms with Crippen LogP contribution in [0.4, 0.5) is 4.79 Å². The third-order valence-corrected chi connectivity index (χ3v) is 5.14. The van der Waals surface area contributed by atoms with E-state index in [4.69, 9.17) is 5.73 Å². The van der Waals surface area contributed by atoms with Gasteiger partial charge in [0.1, 0.15) is 5.84 Å². The van der Waals surface area contributed by atoms with Crippen molar-refractivity contribution in [2.24, 2.45) is 22.6 Å². The number of aliphatic imine (C=N–C) groups is 1. The maximum absolute atomic E-state index is 11.9. The molecule has 2 fully saturated rings. The van der Waals surface area contributed by atoms with Crippen LogP contribution in [0.15, 0.2) is 4.99 Å². The molecular weight excluding hydrogens is 234 g/mol. The smallest absolute Gasteiger partial charge is 0.345 e. The number of hydrogen-bond acceptors (Lipinski definition) is 3. The van der Waals surface area contributed by atoms with Crippen molar-refractivity contribution in [1.29, 1.82) is 0 Å². The van der Waals surface area contributed by atoms with Crippen LogP contribution in [0, 0.1) is 11.8 Å². The van der Waals surface area contributed by atoms with E-state index in [0.29, 0.717) is 17.7 Å². The molecule has 2 amide bonds. The van der Waals surface area contributed by atoms with Gasteiger partial charge in [-0.1, -0.05) is 0 Å². The van der Waals surface area contributed by atoms with Gasteiger partial charge in [-0.15, -0.1) is 0 Å². The van der Waals surface area contributed by atoms with Crippen LogP contribution in [0.5, 0.6) is 0 Å². The minimum absolute atomic E-state index is 0.0934. The van der Waals surface area contributed by atoms with E-state index in [1.54, 1.807) is 0 Å². The minimum Gasteiger partial charge on any atom is -0.385 e.